The van der Waals surface area contributed by atoms with Crippen molar-refractivity contribution < 1.29 is 53.0 Å². The first-order valence-corrected chi connectivity index (χ1v) is 18.8. The fourth-order valence-electron chi connectivity index (χ4n) is 8.01. The van der Waals surface area contributed by atoms with Gasteiger partial charge in [0.1, 0.15) is 25.6 Å². The van der Waals surface area contributed by atoms with E-state index in [9.17, 15) is 0 Å². The quantitative estimate of drug-likeness (QED) is 0.147. The first-order valence-electron chi connectivity index (χ1n) is 19.3. The van der Waals surface area contributed by atoms with Gasteiger partial charge in [-0.15, -0.1) is 59.3 Å². The number of para-hydroxylation sites is 2. The van der Waals surface area contributed by atoms with Crippen LogP contribution < -0.4 is 9.47 Å². The number of ether oxygens (including phenoxy) is 2. The second-order valence-electron chi connectivity index (χ2n) is 13.8. The van der Waals surface area contributed by atoms with Crippen LogP contribution in [0.25, 0.3) is 83.0 Å². The number of rotatable bonds is 7. The molecule has 0 aliphatic carbocycles. The van der Waals surface area contributed by atoms with Crippen LogP contribution in [0.15, 0.2) is 158 Å². The fraction of sp³-hybridized carbons (Fsp3) is 0. The number of benzene rings is 6. The molecular formula is C49H26N8O2Pt2. The van der Waals surface area contributed by atoms with Crippen LogP contribution in [0, 0.1) is 24.3 Å². The Balaban J connectivity index is 0.00000229. The molecule has 61 heavy (non-hydrogen) atoms. The summed E-state index contributed by atoms with van der Waals surface area (Å²) in [6.45, 7) is 0. The fourth-order valence-corrected chi connectivity index (χ4v) is 8.01. The van der Waals surface area contributed by atoms with Crippen LogP contribution in [0.1, 0.15) is 1.37 Å². The molecule has 12 aromatic rings. The van der Waals surface area contributed by atoms with Crippen molar-refractivity contribution in [2.24, 2.45) is 0 Å². The largest absolute Gasteiger partial charge is 2.00 e. The van der Waals surface area contributed by atoms with Gasteiger partial charge in [0.15, 0.2) is 0 Å². The van der Waals surface area contributed by atoms with E-state index in [0.717, 1.165) is 66.0 Å². The summed E-state index contributed by atoms with van der Waals surface area (Å²) in [6.07, 6.45) is 4.71. The molecule has 0 radical (unpaired) electrons. The van der Waals surface area contributed by atoms with E-state index in [4.69, 9.17) is 10.8 Å². The number of hydrogen-bond donors (Lipinski definition) is 0. The SMILES string of the molecule is [2H]c1ncnc(-n2c3[c-]c(Oc4[c-]c5c(cc4)c4ccccc4n5-c4ccccn4)ccc3c3ccc(Oc4[c-]c5c(cc4)c4ccccc4n5-c4ccccn4)[c-]c32)n1.[Pt+2].[Pt+2]. The second-order valence-corrected chi connectivity index (χ2v) is 13.8. The van der Waals surface area contributed by atoms with E-state index < -0.39 is 0 Å². The Morgan fingerprint density at radius 3 is 1.25 bits per heavy atom. The molecule has 0 bridgehead atoms. The first-order chi connectivity index (χ1) is 29.6. The van der Waals surface area contributed by atoms with Gasteiger partial charge in [0.05, 0.1) is 0 Å². The van der Waals surface area contributed by atoms with Crippen molar-refractivity contribution in [1.29, 1.82) is 0 Å². The zero-order valence-corrected chi connectivity index (χ0v) is 36.0. The van der Waals surface area contributed by atoms with Crippen LogP contribution in [0.5, 0.6) is 23.0 Å². The van der Waals surface area contributed by atoms with Gasteiger partial charge in [0.25, 0.3) is 0 Å². The van der Waals surface area contributed by atoms with E-state index in [-0.39, 0.29) is 54.4 Å². The molecule has 0 fully saturated rings. The van der Waals surface area contributed by atoms with E-state index in [1.165, 1.54) is 6.33 Å². The number of nitrogens with zero attached hydrogens (tertiary/aromatic N) is 8. The van der Waals surface area contributed by atoms with Crippen molar-refractivity contribution in [3.8, 4) is 40.6 Å². The number of pyridine rings is 2. The van der Waals surface area contributed by atoms with Gasteiger partial charge in [-0.3, -0.25) is 0 Å². The zero-order valence-electron chi connectivity index (χ0n) is 32.5. The molecular weight excluding hydrogens is 1120 g/mol. The minimum Gasteiger partial charge on any atom is -0.509 e. The van der Waals surface area contributed by atoms with Crippen LogP contribution in [0.3, 0.4) is 0 Å². The molecule has 0 saturated heterocycles. The number of fused-ring (bicyclic) bond motifs is 9. The van der Waals surface area contributed by atoms with Crippen molar-refractivity contribution >= 4 is 65.4 Å². The number of aromatic nitrogens is 8. The monoisotopic (exact) mass is 1150 g/mol. The van der Waals surface area contributed by atoms with Crippen LogP contribution in [0.4, 0.5) is 0 Å². The summed E-state index contributed by atoms with van der Waals surface area (Å²) in [5.41, 5.74) is 4.97. The summed E-state index contributed by atoms with van der Waals surface area (Å²) in [6, 6.07) is 57.7. The van der Waals surface area contributed by atoms with Crippen molar-refractivity contribution in [2.45, 2.75) is 0 Å². The molecule has 0 aliphatic rings. The molecule has 0 saturated carbocycles. The predicted molar refractivity (Wildman–Crippen MR) is 227 cm³/mol. The Bertz CT molecular complexity index is 3430. The maximum absolute atomic E-state index is 8.24. The second kappa shape index (κ2) is 15.6. The molecule has 12 heteroatoms. The van der Waals surface area contributed by atoms with E-state index >= 15 is 0 Å². The normalized spacial score (nSPS) is 11.6. The van der Waals surface area contributed by atoms with E-state index in [0.29, 0.717) is 34.0 Å². The molecule has 10 nitrogen and oxygen atoms in total. The first kappa shape index (κ1) is 37.0. The summed E-state index contributed by atoms with van der Waals surface area (Å²) in [7, 11) is 0. The molecule has 294 valence electrons. The molecule has 0 spiro atoms. The summed E-state index contributed by atoms with van der Waals surface area (Å²) >= 11 is 0. The van der Waals surface area contributed by atoms with Gasteiger partial charge in [-0.05, 0) is 47.2 Å². The Morgan fingerprint density at radius 2 is 0.820 bits per heavy atom. The van der Waals surface area contributed by atoms with E-state index in [1.807, 2.05) is 109 Å². The molecule has 0 N–H and O–H groups in total. The Morgan fingerprint density at radius 1 is 0.410 bits per heavy atom. The van der Waals surface area contributed by atoms with E-state index in [1.54, 1.807) is 17.0 Å². The molecule has 6 aromatic heterocycles. The third-order valence-electron chi connectivity index (χ3n) is 10.5. The topological polar surface area (TPSA) is 97.7 Å². The molecule has 6 heterocycles. The number of hydrogen-bond acceptors (Lipinski definition) is 7. The molecule has 0 unspecified atom stereocenters. The molecule has 0 atom stereocenters. The van der Waals surface area contributed by atoms with E-state index in [2.05, 4.69) is 82.6 Å². The van der Waals surface area contributed by atoms with Crippen molar-refractivity contribution in [3.05, 3.63) is 183 Å². The zero-order chi connectivity index (χ0) is 39.7. The average Bonchev–Trinajstić information content (AvgIpc) is 3.91. The van der Waals surface area contributed by atoms with Gasteiger partial charge >= 0.3 is 42.1 Å². The van der Waals surface area contributed by atoms with Gasteiger partial charge in [0.2, 0.25) is 5.95 Å². The van der Waals surface area contributed by atoms with Gasteiger partial charge < -0.3 is 23.2 Å². The molecule has 0 amide bonds. The molecule has 12 rings (SSSR count). The van der Waals surface area contributed by atoms with Crippen molar-refractivity contribution in [2.75, 3.05) is 0 Å². The van der Waals surface area contributed by atoms with Crippen LogP contribution in [-0.4, -0.2) is 38.6 Å². The maximum Gasteiger partial charge on any atom is 2.00 e. The summed E-state index contributed by atoms with van der Waals surface area (Å²) in [4.78, 5) is 22.1. The third kappa shape index (κ3) is 6.38. The standard InChI is InChI=1S/C49H26N8O2.2Pt/c1-3-11-41-35(9-1)37-19-15-31(25-43(37)55(41)47-13-5-7-23-51-47)58-33-17-21-39-40-22-18-34(28-46(40)57(45(39)27-33)49-53-29-50-30-54-49)59-32-16-20-38-36-10-2-4-12-42(36)56(44(38)26-32)48-14-6-8-24-52-48;;/h1-24,29-30H;;/q-4;2*+2/i29D;;. The van der Waals surface area contributed by atoms with Gasteiger partial charge in [-0.25, -0.2) is 24.9 Å². The summed E-state index contributed by atoms with van der Waals surface area (Å²) < 4.78 is 27.2. The van der Waals surface area contributed by atoms with Crippen LogP contribution in [0.2, 0.25) is 0 Å². The Labute approximate surface area is 378 Å². The molecule has 6 aromatic carbocycles. The van der Waals surface area contributed by atoms with Crippen LogP contribution in [-0.2, 0) is 42.1 Å². The third-order valence-corrected chi connectivity index (χ3v) is 10.5. The van der Waals surface area contributed by atoms with Crippen molar-refractivity contribution in [1.82, 2.24) is 38.6 Å². The van der Waals surface area contributed by atoms with Crippen molar-refractivity contribution in [3.63, 3.8) is 0 Å². The minimum atomic E-state index is -0.174. The Kier molecular flexibility index (Phi) is 9.44. The average molecular weight is 1150 g/mol. The summed E-state index contributed by atoms with van der Waals surface area (Å²) in [5.74, 6) is 3.71. The predicted octanol–water partition coefficient (Wildman–Crippen LogP) is 10.7. The van der Waals surface area contributed by atoms with Gasteiger partial charge in [-0.2, -0.15) is 35.0 Å². The van der Waals surface area contributed by atoms with Crippen LogP contribution >= 0.6 is 0 Å². The Hall–Kier alpha value is -6.99. The smallest absolute Gasteiger partial charge is 0.509 e. The summed E-state index contributed by atoms with van der Waals surface area (Å²) in [5, 5.41) is 5.96. The molecule has 0 aliphatic heterocycles. The van der Waals surface area contributed by atoms with Gasteiger partial charge in [-0.1, -0.05) is 70.6 Å². The van der Waals surface area contributed by atoms with Gasteiger partial charge in [0, 0.05) is 46.4 Å². The maximum atomic E-state index is 8.24. The minimum absolute atomic E-state index is 0.